The van der Waals surface area contributed by atoms with Crippen LogP contribution in [0.3, 0.4) is 0 Å². The lowest BCUT2D eigenvalue weighted by atomic mass is 9.92. The molecule has 2 aliphatic heterocycles. The van der Waals surface area contributed by atoms with Gasteiger partial charge in [0.2, 0.25) is 5.91 Å². The molecule has 2 atom stereocenters. The summed E-state index contributed by atoms with van der Waals surface area (Å²) < 4.78 is 11.4. The molecule has 2 fully saturated rings. The molecule has 1 aromatic rings. The Balaban J connectivity index is 1.45. The highest BCUT2D eigenvalue weighted by Crippen LogP contribution is 2.32. The maximum absolute atomic E-state index is 13.1. The molecular weight excluding hydrogens is 352 g/mol. The number of carbonyl (C=O) groups excluding carboxylic acids is 1. The Morgan fingerprint density at radius 2 is 1.75 bits per heavy atom. The van der Waals surface area contributed by atoms with Gasteiger partial charge >= 0.3 is 0 Å². The molecule has 0 N–H and O–H groups in total. The first-order valence-corrected chi connectivity index (χ1v) is 11.0. The number of fused-ring (bicyclic) bond motifs is 1. The van der Waals surface area contributed by atoms with Gasteiger partial charge in [-0.05, 0) is 48.8 Å². The SMILES string of the molecule is CC1CC(C)CN(C(=O)CN(Cc2ccc3c(c2)OCCO3)C2CCCC2)C1. The average Bonchev–Trinajstić information content (AvgIpc) is 3.21. The molecule has 1 aromatic carbocycles. The van der Waals surface area contributed by atoms with Gasteiger partial charge in [-0.15, -0.1) is 0 Å². The molecule has 0 radical (unpaired) electrons. The zero-order valence-electron chi connectivity index (χ0n) is 17.4. The van der Waals surface area contributed by atoms with E-state index >= 15 is 0 Å². The van der Waals surface area contributed by atoms with Crippen molar-refractivity contribution in [2.75, 3.05) is 32.8 Å². The second-order valence-corrected chi connectivity index (χ2v) is 9.07. The Bertz CT molecular complexity index is 676. The smallest absolute Gasteiger partial charge is 0.236 e. The average molecular weight is 387 g/mol. The van der Waals surface area contributed by atoms with Crippen LogP contribution in [-0.4, -0.2) is 54.6 Å². The number of nitrogens with zero attached hydrogens (tertiary/aromatic N) is 2. The third-order valence-electron chi connectivity index (χ3n) is 6.39. The fourth-order valence-corrected chi connectivity index (χ4v) is 5.14. The van der Waals surface area contributed by atoms with Crippen LogP contribution < -0.4 is 9.47 Å². The van der Waals surface area contributed by atoms with E-state index in [0.717, 1.165) is 31.1 Å². The third-order valence-corrected chi connectivity index (χ3v) is 6.39. The van der Waals surface area contributed by atoms with E-state index < -0.39 is 0 Å². The lowest BCUT2D eigenvalue weighted by molar-refractivity contribution is -0.135. The quantitative estimate of drug-likeness (QED) is 0.774. The second kappa shape index (κ2) is 8.73. The number of ether oxygens (including phenoxy) is 2. The summed E-state index contributed by atoms with van der Waals surface area (Å²) in [6, 6.07) is 6.72. The lowest BCUT2D eigenvalue weighted by Gasteiger charge is -2.37. The standard InChI is InChI=1S/C23H34N2O3/c1-17-11-18(2)14-25(13-17)23(26)16-24(20-5-3-4-6-20)15-19-7-8-21-22(12-19)28-10-9-27-21/h7-8,12,17-18,20H,3-6,9-11,13-16H2,1-2H3. The number of hydrogen-bond acceptors (Lipinski definition) is 4. The van der Waals surface area contributed by atoms with Crippen LogP contribution >= 0.6 is 0 Å². The minimum absolute atomic E-state index is 0.294. The van der Waals surface area contributed by atoms with Crippen LogP contribution in [0.25, 0.3) is 0 Å². The van der Waals surface area contributed by atoms with Crippen LogP contribution in [0.2, 0.25) is 0 Å². The van der Waals surface area contributed by atoms with Crippen molar-refractivity contribution in [3.63, 3.8) is 0 Å². The van der Waals surface area contributed by atoms with E-state index in [1.165, 1.54) is 37.7 Å². The number of amides is 1. The minimum Gasteiger partial charge on any atom is -0.486 e. The van der Waals surface area contributed by atoms with E-state index in [2.05, 4.69) is 35.8 Å². The second-order valence-electron chi connectivity index (χ2n) is 9.07. The molecule has 5 nitrogen and oxygen atoms in total. The van der Waals surface area contributed by atoms with Crippen LogP contribution in [0.4, 0.5) is 0 Å². The maximum Gasteiger partial charge on any atom is 0.236 e. The number of piperidine rings is 1. The molecule has 154 valence electrons. The van der Waals surface area contributed by atoms with E-state index in [1.807, 2.05) is 6.07 Å². The van der Waals surface area contributed by atoms with Crippen LogP contribution in [-0.2, 0) is 11.3 Å². The predicted molar refractivity (Wildman–Crippen MR) is 110 cm³/mol. The number of carbonyl (C=O) groups is 1. The first kappa shape index (κ1) is 19.6. The third kappa shape index (κ3) is 4.62. The highest BCUT2D eigenvalue weighted by atomic mass is 16.6. The highest BCUT2D eigenvalue weighted by molar-refractivity contribution is 5.78. The zero-order chi connectivity index (χ0) is 19.5. The molecular formula is C23H34N2O3. The van der Waals surface area contributed by atoms with Gasteiger partial charge in [-0.2, -0.15) is 0 Å². The van der Waals surface area contributed by atoms with E-state index in [9.17, 15) is 4.79 Å². The zero-order valence-corrected chi connectivity index (χ0v) is 17.4. The van der Waals surface area contributed by atoms with Gasteiger partial charge in [-0.25, -0.2) is 0 Å². The summed E-state index contributed by atoms with van der Waals surface area (Å²) in [6.07, 6.45) is 6.17. The van der Waals surface area contributed by atoms with Crippen molar-refractivity contribution in [3.8, 4) is 11.5 Å². The fourth-order valence-electron chi connectivity index (χ4n) is 5.14. The van der Waals surface area contributed by atoms with Gasteiger partial charge in [0, 0.05) is 25.7 Å². The van der Waals surface area contributed by atoms with E-state index in [0.29, 0.717) is 43.5 Å². The molecule has 4 rings (SSSR count). The molecule has 2 unspecified atom stereocenters. The van der Waals surface area contributed by atoms with Crippen molar-refractivity contribution >= 4 is 5.91 Å². The molecule has 0 aromatic heterocycles. The number of benzene rings is 1. The molecule has 0 bridgehead atoms. The highest BCUT2D eigenvalue weighted by Gasteiger charge is 2.30. The maximum atomic E-state index is 13.1. The molecule has 1 saturated heterocycles. The van der Waals surface area contributed by atoms with E-state index in [1.54, 1.807) is 0 Å². The first-order chi connectivity index (χ1) is 13.6. The predicted octanol–water partition coefficient (Wildman–Crippen LogP) is 3.71. The van der Waals surface area contributed by atoms with Gasteiger partial charge in [0.05, 0.1) is 6.54 Å². The molecule has 5 heteroatoms. The summed E-state index contributed by atoms with van der Waals surface area (Å²) in [5.41, 5.74) is 1.20. The van der Waals surface area contributed by atoms with E-state index in [-0.39, 0.29) is 0 Å². The van der Waals surface area contributed by atoms with Gasteiger partial charge in [-0.1, -0.05) is 32.8 Å². The fraction of sp³-hybridized carbons (Fsp3) is 0.696. The number of rotatable bonds is 5. The molecule has 1 aliphatic carbocycles. The topological polar surface area (TPSA) is 42.0 Å². The summed E-state index contributed by atoms with van der Waals surface area (Å²) >= 11 is 0. The number of hydrogen-bond donors (Lipinski definition) is 0. The van der Waals surface area contributed by atoms with Crippen molar-refractivity contribution in [3.05, 3.63) is 23.8 Å². The Kier molecular flexibility index (Phi) is 6.10. The summed E-state index contributed by atoms with van der Waals surface area (Å²) in [6.45, 7) is 8.88. The van der Waals surface area contributed by atoms with Crippen LogP contribution in [0.15, 0.2) is 18.2 Å². The Labute approximate surface area is 169 Å². The largest absolute Gasteiger partial charge is 0.486 e. The molecule has 1 amide bonds. The summed E-state index contributed by atoms with van der Waals surface area (Å²) in [5.74, 6) is 3.16. The van der Waals surface area contributed by atoms with Gasteiger partial charge < -0.3 is 14.4 Å². The van der Waals surface area contributed by atoms with Gasteiger partial charge in [0.1, 0.15) is 13.2 Å². The van der Waals surface area contributed by atoms with E-state index in [4.69, 9.17) is 9.47 Å². The van der Waals surface area contributed by atoms with Crippen molar-refractivity contribution < 1.29 is 14.3 Å². The Morgan fingerprint density at radius 3 is 2.46 bits per heavy atom. The van der Waals surface area contributed by atoms with Crippen LogP contribution in [0, 0.1) is 11.8 Å². The van der Waals surface area contributed by atoms with Gasteiger partial charge in [0.15, 0.2) is 11.5 Å². The summed E-state index contributed by atoms with van der Waals surface area (Å²) in [7, 11) is 0. The van der Waals surface area contributed by atoms with Crippen molar-refractivity contribution in [1.82, 2.24) is 9.80 Å². The Morgan fingerprint density at radius 1 is 1.07 bits per heavy atom. The lowest BCUT2D eigenvalue weighted by Crippen LogP contribution is -2.48. The van der Waals surface area contributed by atoms with Crippen molar-refractivity contribution in [1.29, 1.82) is 0 Å². The van der Waals surface area contributed by atoms with Gasteiger partial charge in [-0.3, -0.25) is 9.69 Å². The first-order valence-electron chi connectivity index (χ1n) is 11.0. The molecule has 1 saturated carbocycles. The summed E-state index contributed by atoms with van der Waals surface area (Å²) in [4.78, 5) is 17.6. The minimum atomic E-state index is 0.294. The Hall–Kier alpha value is -1.75. The normalized spacial score (nSPS) is 25.3. The van der Waals surface area contributed by atoms with Gasteiger partial charge in [0.25, 0.3) is 0 Å². The molecule has 2 heterocycles. The van der Waals surface area contributed by atoms with Crippen molar-refractivity contribution in [2.45, 2.75) is 58.5 Å². The van der Waals surface area contributed by atoms with Crippen LogP contribution in [0.1, 0.15) is 51.5 Å². The number of likely N-dealkylation sites (tertiary alicyclic amines) is 1. The molecule has 0 spiro atoms. The van der Waals surface area contributed by atoms with Crippen LogP contribution in [0.5, 0.6) is 11.5 Å². The monoisotopic (exact) mass is 386 g/mol. The molecule has 28 heavy (non-hydrogen) atoms. The molecule has 3 aliphatic rings. The van der Waals surface area contributed by atoms with Crippen molar-refractivity contribution in [2.24, 2.45) is 11.8 Å². The summed E-state index contributed by atoms with van der Waals surface area (Å²) in [5, 5.41) is 0.